The molecular formula is C10H18N4OS. The molecular weight excluding hydrogens is 224 g/mol. The van der Waals surface area contributed by atoms with Crippen molar-refractivity contribution >= 4 is 22.4 Å². The third-order valence-corrected chi connectivity index (χ3v) is 2.89. The van der Waals surface area contributed by atoms with Crippen LogP contribution in [0.1, 0.15) is 19.2 Å². The maximum absolute atomic E-state index is 10.8. The summed E-state index contributed by atoms with van der Waals surface area (Å²) in [6, 6.07) is 1.71. The molecule has 0 aliphatic rings. The van der Waals surface area contributed by atoms with Crippen LogP contribution in [0.5, 0.6) is 0 Å². The van der Waals surface area contributed by atoms with Crippen LogP contribution in [-0.2, 0) is 17.2 Å². The van der Waals surface area contributed by atoms with E-state index in [1.54, 1.807) is 12.3 Å². The molecule has 0 aliphatic carbocycles. The molecule has 16 heavy (non-hydrogen) atoms. The number of hydrogen-bond donors (Lipinski definition) is 2. The number of nitrogens with zero attached hydrogens (tertiary/aromatic N) is 2. The Balaban J connectivity index is 2.47. The second-order valence-electron chi connectivity index (χ2n) is 3.51. The molecule has 0 saturated carbocycles. The molecule has 6 heteroatoms. The van der Waals surface area contributed by atoms with Gasteiger partial charge < -0.3 is 11.1 Å². The van der Waals surface area contributed by atoms with Crippen LogP contribution in [0.2, 0.25) is 0 Å². The molecule has 0 radical (unpaired) electrons. The van der Waals surface area contributed by atoms with Gasteiger partial charge in [-0.1, -0.05) is 6.92 Å². The molecule has 90 valence electrons. The lowest BCUT2D eigenvalue weighted by molar-refractivity contribution is 0.685. The highest BCUT2D eigenvalue weighted by Crippen LogP contribution is 2.08. The number of aryl methyl sites for hydroxylation is 1. The fraction of sp³-hybridized carbons (Fsp3) is 0.600. The van der Waals surface area contributed by atoms with Gasteiger partial charge in [0.2, 0.25) is 0 Å². The van der Waals surface area contributed by atoms with E-state index in [2.05, 4.69) is 15.3 Å². The van der Waals surface area contributed by atoms with Crippen molar-refractivity contribution < 1.29 is 4.21 Å². The Labute approximate surface area is 98.3 Å². The summed E-state index contributed by atoms with van der Waals surface area (Å²) in [6.45, 7) is 2.73. The second kappa shape index (κ2) is 6.42. The van der Waals surface area contributed by atoms with Gasteiger partial charge in [0.15, 0.2) is 0 Å². The van der Waals surface area contributed by atoms with Crippen molar-refractivity contribution in [1.29, 1.82) is 0 Å². The number of anilines is 2. The largest absolute Gasteiger partial charge is 0.384 e. The summed E-state index contributed by atoms with van der Waals surface area (Å²) in [7, 11) is -0.731. The van der Waals surface area contributed by atoms with Crippen molar-refractivity contribution in [1.82, 2.24) is 9.97 Å². The molecule has 5 nitrogen and oxygen atoms in total. The first kappa shape index (κ1) is 12.9. The van der Waals surface area contributed by atoms with Crippen LogP contribution in [0.25, 0.3) is 0 Å². The van der Waals surface area contributed by atoms with Gasteiger partial charge >= 0.3 is 0 Å². The molecule has 0 fully saturated rings. The summed E-state index contributed by atoms with van der Waals surface area (Å²) < 4.78 is 10.8. The van der Waals surface area contributed by atoms with Gasteiger partial charge in [0, 0.05) is 41.8 Å². The van der Waals surface area contributed by atoms with E-state index in [0.717, 1.165) is 31.0 Å². The average molecular weight is 242 g/mol. The third-order valence-electron chi connectivity index (χ3n) is 2.02. The van der Waals surface area contributed by atoms with Gasteiger partial charge in [0.25, 0.3) is 0 Å². The fourth-order valence-corrected chi connectivity index (χ4v) is 1.81. The Morgan fingerprint density at radius 3 is 2.88 bits per heavy atom. The first-order valence-corrected chi connectivity index (χ1v) is 7.02. The van der Waals surface area contributed by atoms with Crippen LogP contribution in [0.15, 0.2) is 6.07 Å². The van der Waals surface area contributed by atoms with Crippen LogP contribution in [0.3, 0.4) is 0 Å². The highest BCUT2D eigenvalue weighted by atomic mass is 32.2. The highest BCUT2D eigenvalue weighted by Gasteiger charge is 2.00. The third kappa shape index (κ3) is 4.57. The van der Waals surface area contributed by atoms with Crippen molar-refractivity contribution in [2.24, 2.45) is 0 Å². The molecule has 1 atom stereocenters. The van der Waals surface area contributed by atoms with Gasteiger partial charge in [-0.3, -0.25) is 4.21 Å². The van der Waals surface area contributed by atoms with Gasteiger partial charge in [-0.05, 0) is 6.42 Å². The van der Waals surface area contributed by atoms with Crippen molar-refractivity contribution in [2.45, 2.75) is 19.8 Å². The minimum Gasteiger partial charge on any atom is -0.384 e. The standard InChI is InChI=1S/C10H18N4OS/c1-3-9-13-8(11)7-10(14-9)12-5-4-6-16(2)15/h7H,3-6H2,1-2H3,(H3,11,12,13,14). The molecule has 0 aliphatic heterocycles. The van der Waals surface area contributed by atoms with E-state index < -0.39 is 10.8 Å². The SMILES string of the molecule is CCc1nc(N)cc(NCCCS(C)=O)n1. The molecule has 1 rings (SSSR count). The molecule has 0 spiro atoms. The lowest BCUT2D eigenvalue weighted by atomic mass is 10.4. The molecule has 1 heterocycles. The van der Waals surface area contributed by atoms with E-state index >= 15 is 0 Å². The molecule has 0 bridgehead atoms. The second-order valence-corrected chi connectivity index (χ2v) is 5.06. The zero-order valence-corrected chi connectivity index (χ0v) is 10.5. The van der Waals surface area contributed by atoms with E-state index in [1.807, 2.05) is 6.92 Å². The lowest BCUT2D eigenvalue weighted by Gasteiger charge is -2.06. The molecule has 0 aromatic carbocycles. The summed E-state index contributed by atoms with van der Waals surface area (Å²) in [5.41, 5.74) is 5.65. The monoisotopic (exact) mass is 242 g/mol. The first-order chi connectivity index (χ1) is 7.61. The van der Waals surface area contributed by atoms with Crippen molar-refractivity contribution in [2.75, 3.05) is 29.6 Å². The van der Waals surface area contributed by atoms with Crippen LogP contribution in [0.4, 0.5) is 11.6 Å². The zero-order chi connectivity index (χ0) is 12.0. The normalized spacial score (nSPS) is 12.4. The van der Waals surface area contributed by atoms with Crippen molar-refractivity contribution in [3.05, 3.63) is 11.9 Å². The Morgan fingerprint density at radius 1 is 1.50 bits per heavy atom. The van der Waals surface area contributed by atoms with Crippen LogP contribution < -0.4 is 11.1 Å². The van der Waals surface area contributed by atoms with E-state index in [9.17, 15) is 4.21 Å². The maximum Gasteiger partial charge on any atom is 0.132 e. The number of nitrogens with two attached hydrogens (primary N) is 1. The summed E-state index contributed by atoms with van der Waals surface area (Å²) in [6.07, 6.45) is 3.32. The first-order valence-electron chi connectivity index (χ1n) is 5.29. The number of hydrogen-bond acceptors (Lipinski definition) is 5. The fourth-order valence-electron chi connectivity index (χ4n) is 1.26. The summed E-state index contributed by atoms with van der Waals surface area (Å²) in [5.74, 6) is 2.66. The van der Waals surface area contributed by atoms with E-state index in [0.29, 0.717) is 11.6 Å². The Morgan fingerprint density at radius 2 is 2.25 bits per heavy atom. The number of nitrogens with one attached hydrogen (secondary N) is 1. The Bertz CT molecular complexity index is 370. The van der Waals surface area contributed by atoms with E-state index in [-0.39, 0.29) is 0 Å². The minimum atomic E-state index is -0.731. The van der Waals surface area contributed by atoms with Gasteiger partial charge in [0.05, 0.1) is 0 Å². The predicted octanol–water partition coefficient (Wildman–Crippen LogP) is 0.802. The van der Waals surface area contributed by atoms with Gasteiger partial charge in [-0.25, -0.2) is 9.97 Å². The smallest absolute Gasteiger partial charge is 0.132 e. The molecule has 1 aromatic heterocycles. The van der Waals surface area contributed by atoms with Crippen molar-refractivity contribution in [3.63, 3.8) is 0 Å². The summed E-state index contributed by atoms with van der Waals surface area (Å²) >= 11 is 0. The van der Waals surface area contributed by atoms with E-state index in [1.165, 1.54) is 0 Å². The summed E-state index contributed by atoms with van der Waals surface area (Å²) in [5, 5.41) is 3.15. The highest BCUT2D eigenvalue weighted by molar-refractivity contribution is 7.84. The van der Waals surface area contributed by atoms with Crippen LogP contribution >= 0.6 is 0 Å². The quantitative estimate of drug-likeness (QED) is 0.721. The van der Waals surface area contributed by atoms with Gasteiger partial charge in [0.1, 0.15) is 17.5 Å². The van der Waals surface area contributed by atoms with Crippen LogP contribution in [-0.4, -0.2) is 32.7 Å². The molecule has 0 saturated heterocycles. The Hall–Kier alpha value is -1.17. The number of rotatable bonds is 6. The van der Waals surface area contributed by atoms with E-state index in [4.69, 9.17) is 5.73 Å². The van der Waals surface area contributed by atoms with Crippen molar-refractivity contribution in [3.8, 4) is 0 Å². The topological polar surface area (TPSA) is 80.9 Å². The Kier molecular flexibility index (Phi) is 5.18. The molecule has 1 unspecified atom stereocenters. The van der Waals surface area contributed by atoms with Gasteiger partial charge in [-0.15, -0.1) is 0 Å². The molecule has 3 N–H and O–H groups in total. The zero-order valence-electron chi connectivity index (χ0n) is 9.69. The molecule has 1 aromatic rings. The van der Waals surface area contributed by atoms with Crippen LogP contribution in [0, 0.1) is 0 Å². The predicted molar refractivity (Wildman–Crippen MR) is 67.9 cm³/mol. The van der Waals surface area contributed by atoms with Gasteiger partial charge in [-0.2, -0.15) is 0 Å². The average Bonchev–Trinajstić information content (AvgIpc) is 2.23. The minimum absolute atomic E-state index is 0.480. The summed E-state index contributed by atoms with van der Waals surface area (Å²) in [4.78, 5) is 8.38. The maximum atomic E-state index is 10.8. The number of nitrogen functional groups attached to an aromatic ring is 1. The molecule has 0 amide bonds. The number of aromatic nitrogens is 2. The lowest BCUT2D eigenvalue weighted by Crippen LogP contribution is -2.09.